The van der Waals surface area contributed by atoms with Crippen LogP contribution in [0, 0.1) is 0 Å². The van der Waals surface area contributed by atoms with Crippen LogP contribution in [0.3, 0.4) is 0 Å². The van der Waals surface area contributed by atoms with E-state index in [1.165, 1.54) is 0 Å². The van der Waals surface area contributed by atoms with Crippen molar-refractivity contribution in [1.29, 1.82) is 0 Å². The van der Waals surface area contributed by atoms with Crippen molar-refractivity contribution in [2.75, 3.05) is 13.2 Å². The molecule has 0 spiro atoms. The Morgan fingerprint density at radius 3 is 2.50 bits per heavy atom. The van der Waals surface area contributed by atoms with Crippen LogP contribution in [-0.4, -0.2) is 23.4 Å². The molecule has 0 aliphatic heterocycles. The third-order valence-electron chi connectivity index (χ3n) is 2.57. The second kappa shape index (κ2) is 8.13. The third kappa shape index (κ3) is 5.14. The van der Waals surface area contributed by atoms with Gasteiger partial charge >= 0.3 is 0 Å². The van der Waals surface area contributed by atoms with Crippen LogP contribution in [0.2, 0.25) is 0 Å². The van der Waals surface area contributed by atoms with E-state index in [0.717, 1.165) is 37.8 Å². The van der Waals surface area contributed by atoms with Gasteiger partial charge in [0.25, 0.3) is 0 Å². The van der Waals surface area contributed by atoms with Gasteiger partial charge in [-0.2, -0.15) is 0 Å². The molecule has 1 aromatic carbocycles. The van der Waals surface area contributed by atoms with Crippen molar-refractivity contribution in [2.24, 2.45) is 0 Å². The Balaban J connectivity index is 2.05. The van der Waals surface area contributed by atoms with Gasteiger partial charge in [0.15, 0.2) is 0 Å². The van der Waals surface area contributed by atoms with Crippen LogP contribution >= 0.6 is 0 Å². The molecule has 0 unspecified atom stereocenters. The predicted molar refractivity (Wildman–Crippen MR) is 65.4 cm³/mol. The number of hydrogen-bond donors (Lipinski definition) is 3. The normalized spacial score (nSPS) is 10.6. The molecule has 3 nitrogen and oxygen atoms in total. The molecular weight excluding hydrogens is 202 g/mol. The molecule has 16 heavy (non-hydrogen) atoms. The fraction of sp³-hybridized carbons (Fsp3) is 0.538. The molecule has 0 atom stereocenters. The van der Waals surface area contributed by atoms with Crippen LogP contribution in [0.25, 0.3) is 0 Å². The summed E-state index contributed by atoms with van der Waals surface area (Å²) >= 11 is 0. The maximum absolute atomic E-state index is 9.52. The van der Waals surface area contributed by atoms with Gasteiger partial charge in [-0.3, -0.25) is 0 Å². The fourth-order valence-corrected chi connectivity index (χ4v) is 1.60. The van der Waals surface area contributed by atoms with Crippen LogP contribution in [0.15, 0.2) is 24.3 Å². The van der Waals surface area contributed by atoms with Crippen LogP contribution < -0.4 is 5.32 Å². The van der Waals surface area contributed by atoms with Crippen LogP contribution in [-0.2, 0) is 6.54 Å². The quantitative estimate of drug-likeness (QED) is 0.591. The number of aliphatic hydroxyl groups excluding tert-OH is 1. The van der Waals surface area contributed by atoms with E-state index in [2.05, 4.69) is 5.32 Å². The lowest BCUT2D eigenvalue weighted by atomic mass is 10.2. The van der Waals surface area contributed by atoms with E-state index < -0.39 is 0 Å². The Bertz CT molecular complexity index is 289. The molecule has 0 amide bonds. The van der Waals surface area contributed by atoms with E-state index >= 15 is 0 Å². The number of rotatable bonds is 8. The number of benzene rings is 1. The van der Waals surface area contributed by atoms with Crippen molar-refractivity contribution in [3.8, 4) is 5.75 Å². The minimum atomic E-state index is 0.297. The monoisotopic (exact) mass is 223 g/mol. The Kier molecular flexibility index (Phi) is 6.61. The lowest BCUT2D eigenvalue weighted by Crippen LogP contribution is -2.14. The van der Waals surface area contributed by atoms with Crippen LogP contribution in [0.5, 0.6) is 5.75 Å². The smallest absolute Gasteiger partial charge is 0.120 e. The summed E-state index contributed by atoms with van der Waals surface area (Å²) in [5.41, 5.74) is 0.942. The first-order chi connectivity index (χ1) is 7.84. The highest BCUT2D eigenvalue weighted by atomic mass is 16.3. The van der Waals surface area contributed by atoms with Crippen molar-refractivity contribution >= 4 is 0 Å². The van der Waals surface area contributed by atoms with Crippen molar-refractivity contribution in [3.63, 3.8) is 0 Å². The van der Waals surface area contributed by atoms with Crippen LogP contribution in [0.1, 0.15) is 31.2 Å². The second-order valence-corrected chi connectivity index (χ2v) is 3.94. The molecule has 0 aliphatic carbocycles. The maximum atomic E-state index is 9.52. The first-order valence-electron chi connectivity index (χ1n) is 5.93. The average Bonchev–Trinajstić information content (AvgIpc) is 2.30. The van der Waals surface area contributed by atoms with E-state index in [4.69, 9.17) is 5.11 Å². The molecule has 3 heteroatoms. The number of hydrogen-bond acceptors (Lipinski definition) is 3. The van der Waals surface area contributed by atoms with E-state index in [-0.39, 0.29) is 0 Å². The molecule has 0 aromatic heterocycles. The zero-order chi connectivity index (χ0) is 11.6. The summed E-state index contributed by atoms with van der Waals surface area (Å²) in [6, 6.07) is 7.39. The van der Waals surface area contributed by atoms with E-state index in [1.807, 2.05) is 18.2 Å². The molecule has 0 saturated carbocycles. The SMILES string of the molecule is OCCCCCCNCc1ccccc1O. The van der Waals surface area contributed by atoms with Crippen LogP contribution in [0.4, 0.5) is 0 Å². The van der Waals surface area contributed by atoms with Gasteiger partial charge in [-0.05, 0) is 25.5 Å². The second-order valence-electron chi connectivity index (χ2n) is 3.94. The number of unbranched alkanes of at least 4 members (excludes halogenated alkanes) is 3. The fourth-order valence-electron chi connectivity index (χ4n) is 1.60. The molecule has 1 rings (SSSR count). The van der Waals surface area contributed by atoms with E-state index in [0.29, 0.717) is 18.9 Å². The van der Waals surface area contributed by atoms with Gasteiger partial charge in [0.1, 0.15) is 5.75 Å². The minimum absolute atomic E-state index is 0.297. The molecule has 3 N–H and O–H groups in total. The van der Waals surface area contributed by atoms with Gasteiger partial charge in [-0.1, -0.05) is 31.0 Å². The molecule has 1 aromatic rings. The van der Waals surface area contributed by atoms with Crippen molar-refractivity contribution in [3.05, 3.63) is 29.8 Å². The molecule has 0 saturated heterocycles. The van der Waals surface area contributed by atoms with Gasteiger partial charge in [0.05, 0.1) is 0 Å². The molecule has 0 heterocycles. The van der Waals surface area contributed by atoms with Crippen molar-refractivity contribution in [2.45, 2.75) is 32.2 Å². The van der Waals surface area contributed by atoms with Gasteiger partial charge in [0, 0.05) is 18.7 Å². The summed E-state index contributed by atoms with van der Waals surface area (Å²) in [5, 5.41) is 21.4. The number of para-hydroxylation sites is 1. The molecule has 0 fully saturated rings. The summed E-state index contributed by atoms with van der Waals surface area (Å²) < 4.78 is 0. The third-order valence-corrected chi connectivity index (χ3v) is 2.57. The van der Waals surface area contributed by atoms with Gasteiger partial charge in [-0.15, -0.1) is 0 Å². The zero-order valence-corrected chi connectivity index (χ0v) is 9.65. The van der Waals surface area contributed by atoms with E-state index in [9.17, 15) is 5.11 Å². The highest BCUT2D eigenvalue weighted by Crippen LogP contribution is 2.14. The van der Waals surface area contributed by atoms with E-state index in [1.54, 1.807) is 6.07 Å². The first-order valence-corrected chi connectivity index (χ1v) is 5.93. The van der Waals surface area contributed by atoms with Gasteiger partial charge in [0.2, 0.25) is 0 Å². The summed E-state index contributed by atoms with van der Waals surface area (Å²) in [7, 11) is 0. The molecule has 0 aliphatic rings. The van der Waals surface area contributed by atoms with Gasteiger partial charge in [-0.25, -0.2) is 0 Å². The van der Waals surface area contributed by atoms with Crippen molar-refractivity contribution < 1.29 is 10.2 Å². The maximum Gasteiger partial charge on any atom is 0.120 e. The summed E-state index contributed by atoms with van der Waals surface area (Å²) in [4.78, 5) is 0. The number of phenolic OH excluding ortho intramolecular Hbond substituents is 1. The summed E-state index contributed by atoms with van der Waals surface area (Å²) in [5.74, 6) is 0.357. The minimum Gasteiger partial charge on any atom is -0.508 e. The molecule has 90 valence electrons. The number of phenols is 1. The topological polar surface area (TPSA) is 52.5 Å². The number of nitrogens with one attached hydrogen (secondary N) is 1. The average molecular weight is 223 g/mol. The first kappa shape index (κ1) is 13.0. The Morgan fingerprint density at radius 1 is 1.00 bits per heavy atom. The molecule has 0 radical (unpaired) electrons. The zero-order valence-electron chi connectivity index (χ0n) is 9.65. The Hall–Kier alpha value is -1.06. The molecular formula is C13H21NO2. The summed E-state index contributed by atoms with van der Waals surface area (Å²) in [6.45, 7) is 1.97. The standard InChI is InChI=1S/C13H21NO2/c15-10-6-2-1-5-9-14-11-12-7-3-4-8-13(12)16/h3-4,7-8,14-16H,1-2,5-6,9-11H2. The highest BCUT2D eigenvalue weighted by Gasteiger charge is 1.97. The number of aromatic hydroxyl groups is 1. The lowest BCUT2D eigenvalue weighted by molar-refractivity contribution is 0.282. The molecule has 0 bridgehead atoms. The van der Waals surface area contributed by atoms with Crippen molar-refractivity contribution in [1.82, 2.24) is 5.32 Å². The van der Waals surface area contributed by atoms with Gasteiger partial charge < -0.3 is 15.5 Å². The highest BCUT2D eigenvalue weighted by molar-refractivity contribution is 5.31. The largest absolute Gasteiger partial charge is 0.508 e. The summed E-state index contributed by atoms with van der Waals surface area (Å²) in [6.07, 6.45) is 4.26. The Labute approximate surface area is 97.1 Å². The Morgan fingerprint density at radius 2 is 1.75 bits per heavy atom. The lowest BCUT2D eigenvalue weighted by Gasteiger charge is -2.06. The predicted octanol–water partition coefficient (Wildman–Crippen LogP) is 2.03. The number of aliphatic hydroxyl groups is 1.